The first-order valence-electron chi connectivity index (χ1n) is 8.62. The number of hydrogen-bond donors (Lipinski definition) is 2. The molecule has 126 valence electrons. The summed E-state index contributed by atoms with van der Waals surface area (Å²) in [5.74, 6) is 0.295. The molecule has 2 aromatic carbocycles. The van der Waals surface area contributed by atoms with E-state index in [2.05, 4.69) is 86.7 Å². The van der Waals surface area contributed by atoms with Gasteiger partial charge in [0.1, 0.15) is 0 Å². The molecule has 0 amide bonds. The summed E-state index contributed by atoms with van der Waals surface area (Å²) in [6.45, 7) is 8.46. The van der Waals surface area contributed by atoms with Crippen molar-refractivity contribution < 1.29 is 5.21 Å². The number of rotatable bonds is 2. The highest BCUT2D eigenvalue weighted by Gasteiger charge is 2.39. The van der Waals surface area contributed by atoms with Crippen LogP contribution in [0.1, 0.15) is 48.2 Å². The SMILES string of the molecule is Cc1ccc([C@H]2N[C@@H](c3ccc(C)cc3)[C@H](C)C(=NO)[C@H]2C)cc1. The highest BCUT2D eigenvalue weighted by molar-refractivity contribution is 5.90. The van der Waals surface area contributed by atoms with Crippen molar-refractivity contribution in [3.63, 3.8) is 0 Å². The molecule has 0 saturated carbocycles. The van der Waals surface area contributed by atoms with Crippen molar-refractivity contribution in [3.8, 4) is 0 Å². The molecule has 0 aromatic heterocycles. The fourth-order valence-electron chi connectivity index (χ4n) is 3.74. The molecule has 1 aliphatic rings. The number of oxime groups is 1. The summed E-state index contributed by atoms with van der Waals surface area (Å²) >= 11 is 0. The van der Waals surface area contributed by atoms with Gasteiger partial charge < -0.3 is 10.5 Å². The Kier molecular flexibility index (Phi) is 4.72. The van der Waals surface area contributed by atoms with Crippen molar-refractivity contribution in [2.45, 2.75) is 39.8 Å². The molecule has 24 heavy (non-hydrogen) atoms. The van der Waals surface area contributed by atoms with Crippen LogP contribution in [0.15, 0.2) is 53.7 Å². The molecule has 0 aliphatic carbocycles. The predicted octanol–water partition coefficient (Wildman–Crippen LogP) is 4.79. The van der Waals surface area contributed by atoms with Crippen LogP contribution in [-0.2, 0) is 0 Å². The summed E-state index contributed by atoms with van der Waals surface area (Å²) in [7, 11) is 0. The van der Waals surface area contributed by atoms with Crippen LogP contribution in [0.5, 0.6) is 0 Å². The fraction of sp³-hybridized carbons (Fsp3) is 0.381. The van der Waals surface area contributed by atoms with Crippen molar-refractivity contribution in [3.05, 3.63) is 70.8 Å². The second-order valence-corrected chi connectivity index (χ2v) is 7.05. The standard InChI is InChI=1S/C21H26N2O/c1-13-5-9-17(10-6-13)20-15(3)19(23-24)16(4)21(22-20)18-11-7-14(2)8-12-18/h5-12,15-16,20-22,24H,1-4H3/t15-,16-,20-,21+/m1/s1. The van der Waals surface area contributed by atoms with Crippen LogP contribution < -0.4 is 5.32 Å². The first kappa shape index (κ1) is 16.7. The Morgan fingerprint density at radius 1 is 0.750 bits per heavy atom. The molecule has 1 fully saturated rings. The number of nitrogens with zero attached hydrogens (tertiary/aromatic N) is 1. The van der Waals surface area contributed by atoms with E-state index in [1.807, 2.05) is 0 Å². The van der Waals surface area contributed by atoms with E-state index < -0.39 is 0 Å². The van der Waals surface area contributed by atoms with Gasteiger partial charge in [0.2, 0.25) is 0 Å². The summed E-state index contributed by atoms with van der Waals surface area (Å²) in [5, 5.41) is 17.1. The Balaban J connectivity index is 1.98. The van der Waals surface area contributed by atoms with Crippen LogP contribution in [0.2, 0.25) is 0 Å². The number of aryl methyl sites for hydroxylation is 2. The minimum Gasteiger partial charge on any atom is -0.411 e. The number of hydrogen-bond acceptors (Lipinski definition) is 3. The maximum Gasteiger partial charge on any atom is 0.0664 e. The lowest BCUT2D eigenvalue weighted by atomic mass is 9.75. The Morgan fingerprint density at radius 3 is 1.46 bits per heavy atom. The molecule has 0 bridgehead atoms. The Morgan fingerprint density at radius 2 is 1.12 bits per heavy atom. The van der Waals surface area contributed by atoms with E-state index in [9.17, 15) is 5.21 Å². The second-order valence-electron chi connectivity index (χ2n) is 7.05. The van der Waals surface area contributed by atoms with Crippen LogP contribution in [0.3, 0.4) is 0 Å². The zero-order chi connectivity index (χ0) is 17.3. The second kappa shape index (κ2) is 6.78. The largest absolute Gasteiger partial charge is 0.411 e. The van der Waals surface area contributed by atoms with Gasteiger partial charge >= 0.3 is 0 Å². The molecule has 2 N–H and O–H groups in total. The molecular weight excluding hydrogens is 296 g/mol. The van der Waals surface area contributed by atoms with Crippen molar-refractivity contribution >= 4 is 5.71 Å². The molecule has 2 aromatic rings. The van der Waals surface area contributed by atoms with E-state index in [1.54, 1.807) is 0 Å². The van der Waals surface area contributed by atoms with Gasteiger partial charge in [0, 0.05) is 23.9 Å². The zero-order valence-corrected chi connectivity index (χ0v) is 14.8. The highest BCUT2D eigenvalue weighted by Crippen LogP contribution is 2.38. The zero-order valence-electron chi connectivity index (χ0n) is 14.8. The third kappa shape index (κ3) is 3.09. The molecule has 1 heterocycles. The van der Waals surface area contributed by atoms with Crippen molar-refractivity contribution in [2.24, 2.45) is 17.0 Å². The maximum atomic E-state index is 9.61. The van der Waals surface area contributed by atoms with E-state index in [0.29, 0.717) is 0 Å². The Labute approximate surface area is 144 Å². The molecule has 3 rings (SSSR count). The van der Waals surface area contributed by atoms with Gasteiger partial charge in [0.05, 0.1) is 5.71 Å². The van der Waals surface area contributed by atoms with Gasteiger partial charge in [-0.2, -0.15) is 0 Å². The predicted molar refractivity (Wildman–Crippen MR) is 98.5 cm³/mol. The Hall–Kier alpha value is -2.13. The third-order valence-corrected chi connectivity index (χ3v) is 5.28. The van der Waals surface area contributed by atoms with Crippen LogP contribution in [0.4, 0.5) is 0 Å². The van der Waals surface area contributed by atoms with Gasteiger partial charge in [-0.05, 0) is 25.0 Å². The van der Waals surface area contributed by atoms with E-state index >= 15 is 0 Å². The normalized spacial score (nSPS) is 28.9. The average molecular weight is 322 g/mol. The van der Waals surface area contributed by atoms with Gasteiger partial charge in [0.15, 0.2) is 0 Å². The maximum absolute atomic E-state index is 9.61. The van der Waals surface area contributed by atoms with E-state index in [1.165, 1.54) is 22.3 Å². The van der Waals surface area contributed by atoms with Gasteiger partial charge in [-0.3, -0.25) is 0 Å². The lowest BCUT2D eigenvalue weighted by molar-refractivity contribution is 0.271. The van der Waals surface area contributed by atoms with Crippen LogP contribution in [0.25, 0.3) is 0 Å². The first-order valence-corrected chi connectivity index (χ1v) is 8.62. The monoisotopic (exact) mass is 322 g/mol. The third-order valence-electron chi connectivity index (χ3n) is 5.28. The number of piperidine rings is 1. The lowest BCUT2D eigenvalue weighted by Gasteiger charge is -2.41. The lowest BCUT2D eigenvalue weighted by Crippen LogP contribution is -2.46. The van der Waals surface area contributed by atoms with Crippen LogP contribution in [-0.4, -0.2) is 10.9 Å². The Bertz CT molecular complexity index is 659. The minimum absolute atomic E-state index is 0.138. The summed E-state index contributed by atoms with van der Waals surface area (Å²) in [4.78, 5) is 0. The first-order chi connectivity index (χ1) is 11.5. The smallest absolute Gasteiger partial charge is 0.0664 e. The van der Waals surface area contributed by atoms with Crippen molar-refractivity contribution in [1.29, 1.82) is 0 Å². The van der Waals surface area contributed by atoms with Gasteiger partial charge in [0.25, 0.3) is 0 Å². The highest BCUT2D eigenvalue weighted by atomic mass is 16.4. The van der Waals surface area contributed by atoms with E-state index in [4.69, 9.17) is 0 Å². The molecular formula is C21H26N2O. The van der Waals surface area contributed by atoms with E-state index in [0.717, 1.165) is 5.71 Å². The van der Waals surface area contributed by atoms with E-state index in [-0.39, 0.29) is 23.9 Å². The summed E-state index contributed by atoms with van der Waals surface area (Å²) < 4.78 is 0. The van der Waals surface area contributed by atoms with Crippen LogP contribution in [0, 0.1) is 25.7 Å². The molecule has 3 nitrogen and oxygen atoms in total. The number of nitrogens with one attached hydrogen (secondary N) is 1. The molecule has 1 saturated heterocycles. The minimum atomic E-state index is 0.138. The molecule has 4 atom stereocenters. The molecule has 1 aliphatic heterocycles. The van der Waals surface area contributed by atoms with Crippen LogP contribution >= 0.6 is 0 Å². The summed E-state index contributed by atoms with van der Waals surface area (Å²) in [6.07, 6.45) is 0. The van der Waals surface area contributed by atoms with Crippen molar-refractivity contribution in [2.75, 3.05) is 0 Å². The fourth-order valence-corrected chi connectivity index (χ4v) is 3.74. The molecule has 0 unspecified atom stereocenters. The molecule has 0 radical (unpaired) electrons. The summed E-state index contributed by atoms with van der Waals surface area (Å²) in [6, 6.07) is 17.5. The quantitative estimate of drug-likeness (QED) is 0.616. The average Bonchev–Trinajstić information content (AvgIpc) is 2.58. The van der Waals surface area contributed by atoms with Gasteiger partial charge in [-0.15, -0.1) is 0 Å². The number of benzene rings is 2. The molecule has 0 spiro atoms. The topological polar surface area (TPSA) is 44.6 Å². The van der Waals surface area contributed by atoms with Crippen molar-refractivity contribution in [1.82, 2.24) is 5.32 Å². The summed E-state index contributed by atoms with van der Waals surface area (Å²) in [5.41, 5.74) is 5.84. The van der Waals surface area contributed by atoms with Gasteiger partial charge in [-0.1, -0.05) is 78.7 Å². The van der Waals surface area contributed by atoms with Gasteiger partial charge in [-0.25, -0.2) is 0 Å². The molecule has 3 heteroatoms.